The predicted molar refractivity (Wildman–Crippen MR) is 82.5 cm³/mol. The molecule has 0 radical (unpaired) electrons. The SMILES string of the molecule is CCCn1c(C(N)c2ccccc2)nc2ccccc21. The summed E-state index contributed by atoms with van der Waals surface area (Å²) in [7, 11) is 0. The van der Waals surface area contributed by atoms with Gasteiger partial charge in [-0.2, -0.15) is 0 Å². The third-order valence-electron chi connectivity index (χ3n) is 3.57. The molecule has 0 spiro atoms. The molecule has 0 aliphatic heterocycles. The van der Waals surface area contributed by atoms with Crippen molar-refractivity contribution in [2.75, 3.05) is 0 Å². The molecule has 0 saturated carbocycles. The average Bonchev–Trinajstić information content (AvgIpc) is 2.87. The smallest absolute Gasteiger partial charge is 0.131 e. The normalized spacial score (nSPS) is 12.7. The van der Waals surface area contributed by atoms with Gasteiger partial charge >= 0.3 is 0 Å². The van der Waals surface area contributed by atoms with Crippen LogP contribution in [0, 0.1) is 0 Å². The molecule has 0 saturated heterocycles. The van der Waals surface area contributed by atoms with Gasteiger partial charge in [0.05, 0.1) is 17.1 Å². The number of aryl methyl sites for hydroxylation is 1. The van der Waals surface area contributed by atoms with Crippen molar-refractivity contribution in [1.82, 2.24) is 9.55 Å². The number of hydrogen-bond donors (Lipinski definition) is 1. The van der Waals surface area contributed by atoms with E-state index in [1.165, 1.54) is 0 Å². The Labute approximate surface area is 119 Å². The van der Waals surface area contributed by atoms with Crippen LogP contribution in [-0.2, 0) is 6.54 Å². The second kappa shape index (κ2) is 5.47. The van der Waals surface area contributed by atoms with E-state index in [1.54, 1.807) is 0 Å². The van der Waals surface area contributed by atoms with Crippen LogP contribution in [-0.4, -0.2) is 9.55 Å². The Morgan fingerprint density at radius 3 is 2.50 bits per heavy atom. The van der Waals surface area contributed by atoms with Crippen LogP contribution in [0.1, 0.15) is 30.8 Å². The van der Waals surface area contributed by atoms with Crippen LogP contribution in [0.15, 0.2) is 54.6 Å². The Kier molecular flexibility index (Phi) is 3.52. The van der Waals surface area contributed by atoms with E-state index in [2.05, 4.69) is 29.7 Å². The number of nitrogens with two attached hydrogens (primary N) is 1. The maximum absolute atomic E-state index is 6.43. The van der Waals surface area contributed by atoms with Crippen LogP contribution >= 0.6 is 0 Å². The van der Waals surface area contributed by atoms with Gasteiger partial charge in [-0.3, -0.25) is 0 Å². The standard InChI is InChI=1S/C17H19N3/c1-2-12-20-15-11-7-6-10-14(15)19-17(20)16(18)13-8-4-3-5-9-13/h3-11,16H,2,12,18H2,1H3. The Morgan fingerprint density at radius 1 is 1.05 bits per heavy atom. The van der Waals surface area contributed by atoms with E-state index in [0.29, 0.717) is 0 Å². The zero-order valence-corrected chi connectivity index (χ0v) is 11.7. The minimum atomic E-state index is -0.185. The fourth-order valence-electron chi connectivity index (χ4n) is 2.60. The molecule has 3 aromatic rings. The van der Waals surface area contributed by atoms with Gasteiger partial charge in [0.1, 0.15) is 5.82 Å². The van der Waals surface area contributed by atoms with Crippen molar-refractivity contribution in [3.8, 4) is 0 Å². The Hall–Kier alpha value is -2.13. The minimum Gasteiger partial charge on any atom is -0.326 e. The maximum atomic E-state index is 6.43. The second-order valence-corrected chi connectivity index (χ2v) is 5.00. The highest BCUT2D eigenvalue weighted by Crippen LogP contribution is 2.24. The van der Waals surface area contributed by atoms with Crippen molar-refractivity contribution in [1.29, 1.82) is 0 Å². The zero-order valence-electron chi connectivity index (χ0n) is 11.7. The lowest BCUT2D eigenvalue weighted by molar-refractivity contribution is 0.627. The molecule has 2 N–H and O–H groups in total. The van der Waals surface area contributed by atoms with E-state index in [4.69, 9.17) is 10.7 Å². The number of nitrogens with zero attached hydrogens (tertiary/aromatic N) is 2. The molecule has 1 aromatic heterocycles. The number of rotatable bonds is 4. The topological polar surface area (TPSA) is 43.8 Å². The zero-order chi connectivity index (χ0) is 13.9. The van der Waals surface area contributed by atoms with Gasteiger partial charge in [0.15, 0.2) is 0 Å². The first-order valence-electron chi connectivity index (χ1n) is 7.07. The van der Waals surface area contributed by atoms with Gasteiger partial charge in [0.2, 0.25) is 0 Å². The summed E-state index contributed by atoms with van der Waals surface area (Å²) < 4.78 is 2.24. The number of para-hydroxylation sites is 2. The van der Waals surface area contributed by atoms with Crippen molar-refractivity contribution < 1.29 is 0 Å². The third kappa shape index (κ3) is 2.21. The van der Waals surface area contributed by atoms with Gasteiger partial charge in [0.25, 0.3) is 0 Å². The number of fused-ring (bicyclic) bond motifs is 1. The highest BCUT2D eigenvalue weighted by atomic mass is 15.1. The summed E-state index contributed by atoms with van der Waals surface area (Å²) >= 11 is 0. The molecule has 0 aliphatic carbocycles. The molecule has 2 aromatic carbocycles. The molecular formula is C17H19N3. The molecule has 3 rings (SSSR count). The molecule has 20 heavy (non-hydrogen) atoms. The van der Waals surface area contributed by atoms with Crippen LogP contribution in [0.3, 0.4) is 0 Å². The average molecular weight is 265 g/mol. The van der Waals surface area contributed by atoms with Crippen molar-refractivity contribution >= 4 is 11.0 Å². The van der Waals surface area contributed by atoms with E-state index in [9.17, 15) is 0 Å². The lowest BCUT2D eigenvalue weighted by Crippen LogP contribution is -2.18. The summed E-state index contributed by atoms with van der Waals surface area (Å²) in [5, 5.41) is 0. The maximum Gasteiger partial charge on any atom is 0.131 e. The lowest BCUT2D eigenvalue weighted by atomic mass is 10.1. The highest BCUT2D eigenvalue weighted by Gasteiger charge is 2.17. The third-order valence-corrected chi connectivity index (χ3v) is 3.57. The molecule has 0 aliphatic rings. The summed E-state index contributed by atoms with van der Waals surface area (Å²) in [6, 6.07) is 18.2. The summed E-state index contributed by atoms with van der Waals surface area (Å²) in [6.45, 7) is 3.11. The minimum absolute atomic E-state index is 0.185. The molecule has 3 nitrogen and oxygen atoms in total. The van der Waals surface area contributed by atoms with Crippen molar-refractivity contribution in [3.05, 3.63) is 66.0 Å². The number of aromatic nitrogens is 2. The Bertz CT molecular complexity index is 701. The summed E-state index contributed by atoms with van der Waals surface area (Å²) in [6.07, 6.45) is 1.06. The first-order valence-corrected chi connectivity index (χ1v) is 7.07. The van der Waals surface area contributed by atoms with Crippen LogP contribution in [0.25, 0.3) is 11.0 Å². The highest BCUT2D eigenvalue weighted by molar-refractivity contribution is 5.76. The molecule has 0 amide bonds. The van der Waals surface area contributed by atoms with Crippen LogP contribution in [0.5, 0.6) is 0 Å². The van der Waals surface area contributed by atoms with Gasteiger partial charge in [0, 0.05) is 6.54 Å². The van der Waals surface area contributed by atoms with Crippen LogP contribution < -0.4 is 5.73 Å². The van der Waals surface area contributed by atoms with E-state index in [1.807, 2.05) is 36.4 Å². The molecule has 3 heteroatoms. The molecular weight excluding hydrogens is 246 g/mol. The van der Waals surface area contributed by atoms with Crippen molar-refractivity contribution in [3.63, 3.8) is 0 Å². The first-order chi connectivity index (χ1) is 9.81. The Morgan fingerprint density at radius 2 is 1.75 bits per heavy atom. The fourth-order valence-corrected chi connectivity index (χ4v) is 2.60. The van der Waals surface area contributed by atoms with Gasteiger partial charge in [-0.1, -0.05) is 49.4 Å². The van der Waals surface area contributed by atoms with Crippen LogP contribution in [0.2, 0.25) is 0 Å². The van der Waals surface area contributed by atoms with Gasteiger partial charge in [-0.05, 0) is 24.1 Å². The number of imidazole rings is 1. The monoisotopic (exact) mass is 265 g/mol. The van der Waals surface area contributed by atoms with Crippen molar-refractivity contribution in [2.24, 2.45) is 5.73 Å². The lowest BCUT2D eigenvalue weighted by Gasteiger charge is -2.14. The van der Waals surface area contributed by atoms with E-state index >= 15 is 0 Å². The predicted octanol–water partition coefficient (Wildman–Crippen LogP) is 3.49. The van der Waals surface area contributed by atoms with Crippen LogP contribution in [0.4, 0.5) is 0 Å². The van der Waals surface area contributed by atoms with E-state index < -0.39 is 0 Å². The summed E-state index contributed by atoms with van der Waals surface area (Å²) in [5.74, 6) is 0.944. The fraction of sp³-hybridized carbons (Fsp3) is 0.235. The van der Waals surface area contributed by atoms with Gasteiger partial charge in [-0.15, -0.1) is 0 Å². The molecule has 102 valence electrons. The Balaban J connectivity index is 2.12. The van der Waals surface area contributed by atoms with Gasteiger partial charge in [-0.25, -0.2) is 4.98 Å². The molecule has 1 heterocycles. The first kappa shape index (κ1) is 12.9. The number of benzene rings is 2. The van der Waals surface area contributed by atoms with E-state index in [-0.39, 0.29) is 6.04 Å². The summed E-state index contributed by atoms with van der Waals surface area (Å²) in [4.78, 5) is 4.75. The molecule has 1 atom stereocenters. The number of hydrogen-bond acceptors (Lipinski definition) is 2. The molecule has 1 unspecified atom stereocenters. The largest absolute Gasteiger partial charge is 0.326 e. The van der Waals surface area contributed by atoms with Gasteiger partial charge < -0.3 is 10.3 Å². The van der Waals surface area contributed by atoms with E-state index in [0.717, 1.165) is 35.4 Å². The molecule has 0 fully saturated rings. The molecule has 0 bridgehead atoms. The second-order valence-electron chi connectivity index (χ2n) is 5.00. The summed E-state index contributed by atoms with van der Waals surface area (Å²) in [5.41, 5.74) is 9.70. The quantitative estimate of drug-likeness (QED) is 0.784. The van der Waals surface area contributed by atoms with Crippen molar-refractivity contribution in [2.45, 2.75) is 25.9 Å².